The van der Waals surface area contributed by atoms with Crippen LogP contribution in [0, 0.1) is 0 Å². The molecule has 0 bridgehead atoms. The second-order valence-corrected chi connectivity index (χ2v) is 5.97. The number of benzene rings is 1. The third-order valence-corrected chi connectivity index (χ3v) is 4.16. The molecule has 4 nitrogen and oxygen atoms in total. The van der Waals surface area contributed by atoms with Crippen molar-refractivity contribution in [2.24, 2.45) is 0 Å². The van der Waals surface area contributed by atoms with Gasteiger partial charge < -0.3 is 10.1 Å². The molecular weight excluding hydrogens is 298 g/mol. The second kappa shape index (κ2) is 6.24. The first-order valence-corrected chi connectivity index (χ1v) is 7.32. The quantitative estimate of drug-likeness (QED) is 0.882. The van der Waals surface area contributed by atoms with Crippen LogP contribution in [0.4, 0.5) is 0 Å². The first kappa shape index (κ1) is 14.8. The highest BCUT2D eigenvalue weighted by molar-refractivity contribution is 7.21. The summed E-state index contributed by atoms with van der Waals surface area (Å²) in [6.45, 7) is 3.37. The first-order valence-electron chi connectivity index (χ1n) is 6.12. The van der Waals surface area contributed by atoms with Crippen molar-refractivity contribution in [2.75, 3.05) is 6.61 Å². The molecule has 0 saturated heterocycles. The Morgan fingerprint density at radius 3 is 2.70 bits per heavy atom. The maximum atomic E-state index is 11.9. The molecule has 0 spiro atoms. The van der Waals surface area contributed by atoms with Gasteiger partial charge >= 0.3 is 5.97 Å². The van der Waals surface area contributed by atoms with Gasteiger partial charge in [-0.05, 0) is 19.9 Å². The minimum Gasteiger partial charge on any atom is -0.451 e. The number of halogens is 1. The molecular formula is C14H14ClNO3S. The third-order valence-electron chi connectivity index (χ3n) is 2.50. The molecule has 1 aromatic carbocycles. The zero-order chi connectivity index (χ0) is 14.7. The van der Waals surface area contributed by atoms with Crippen LogP contribution < -0.4 is 5.32 Å². The van der Waals surface area contributed by atoms with Gasteiger partial charge in [-0.1, -0.05) is 29.8 Å². The van der Waals surface area contributed by atoms with Gasteiger partial charge in [-0.2, -0.15) is 0 Å². The molecule has 1 N–H and O–H groups in total. The topological polar surface area (TPSA) is 55.4 Å². The summed E-state index contributed by atoms with van der Waals surface area (Å²) in [4.78, 5) is 23.7. The van der Waals surface area contributed by atoms with E-state index in [-0.39, 0.29) is 18.6 Å². The number of thiophene rings is 1. The highest BCUT2D eigenvalue weighted by Crippen LogP contribution is 2.35. The summed E-state index contributed by atoms with van der Waals surface area (Å²) >= 11 is 7.42. The Hall–Kier alpha value is -1.59. The predicted molar refractivity (Wildman–Crippen MR) is 80.4 cm³/mol. The Bertz CT molecular complexity index is 651. The van der Waals surface area contributed by atoms with Gasteiger partial charge in [0.05, 0.1) is 5.02 Å². The van der Waals surface area contributed by atoms with Crippen LogP contribution in [0.1, 0.15) is 23.5 Å². The Kier molecular flexibility index (Phi) is 4.62. The normalized spacial score (nSPS) is 10.8. The average molecular weight is 312 g/mol. The van der Waals surface area contributed by atoms with Gasteiger partial charge in [-0.15, -0.1) is 11.3 Å². The highest BCUT2D eigenvalue weighted by Gasteiger charge is 2.19. The van der Waals surface area contributed by atoms with Crippen LogP contribution in [0.15, 0.2) is 24.3 Å². The standard InChI is InChI=1S/C14H14ClNO3S/c1-8(2)16-11(17)7-19-14(18)13-12(15)9-5-3-4-6-10(9)20-13/h3-6,8H,7H2,1-2H3,(H,16,17). The van der Waals surface area contributed by atoms with Crippen LogP contribution in [0.5, 0.6) is 0 Å². The lowest BCUT2D eigenvalue weighted by Crippen LogP contribution is -2.33. The highest BCUT2D eigenvalue weighted by atomic mass is 35.5. The number of carbonyl (C=O) groups excluding carboxylic acids is 2. The fourth-order valence-corrected chi connectivity index (χ4v) is 3.11. The maximum absolute atomic E-state index is 11.9. The Balaban J connectivity index is 2.08. The van der Waals surface area contributed by atoms with Gasteiger partial charge in [0.2, 0.25) is 0 Å². The van der Waals surface area contributed by atoms with E-state index in [0.29, 0.717) is 9.90 Å². The third kappa shape index (κ3) is 3.29. The summed E-state index contributed by atoms with van der Waals surface area (Å²) in [6.07, 6.45) is 0. The van der Waals surface area contributed by atoms with E-state index in [1.807, 2.05) is 38.1 Å². The van der Waals surface area contributed by atoms with Crippen LogP contribution in [0.25, 0.3) is 10.1 Å². The number of hydrogen-bond donors (Lipinski definition) is 1. The van der Waals surface area contributed by atoms with Crippen LogP contribution in [-0.2, 0) is 9.53 Å². The Labute approximate surface area is 125 Å². The van der Waals surface area contributed by atoms with Gasteiger partial charge in [-0.25, -0.2) is 4.79 Å². The molecule has 0 fully saturated rings. The summed E-state index contributed by atoms with van der Waals surface area (Å²) < 4.78 is 5.89. The number of esters is 1. The minimum atomic E-state index is -0.574. The average Bonchev–Trinajstić information content (AvgIpc) is 2.73. The SMILES string of the molecule is CC(C)NC(=O)COC(=O)c1sc2ccccc2c1Cl. The molecule has 0 saturated carbocycles. The zero-order valence-electron chi connectivity index (χ0n) is 11.1. The zero-order valence-corrected chi connectivity index (χ0v) is 12.7. The number of ether oxygens (including phenoxy) is 1. The largest absolute Gasteiger partial charge is 0.451 e. The molecule has 2 aromatic rings. The van der Waals surface area contributed by atoms with Crippen molar-refractivity contribution in [2.45, 2.75) is 19.9 Å². The van der Waals surface area contributed by atoms with E-state index in [1.54, 1.807) is 0 Å². The van der Waals surface area contributed by atoms with Crippen molar-refractivity contribution in [1.82, 2.24) is 5.32 Å². The number of hydrogen-bond acceptors (Lipinski definition) is 4. The van der Waals surface area contributed by atoms with E-state index in [0.717, 1.165) is 10.1 Å². The molecule has 0 atom stereocenters. The van der Waals surface area contributed by atoms with Crippen molar-refractivity contribution >= 4 is 44.9 Å². The molecule has 1 heterocycles. The number of nitrogens with one attached hydrogen (secondary N) is 1. The molecule has 106 valence electrons. The van der Waals surface area contributed by atoms with Crippen LogP contribution >= 0.6 is 22.9 Å². The molecule has 1 amide bonds. The maximum Gasteiger partial charge on any atom is 0.350 e. The number of amides is 1. The fraction of sp³-hybridized carbons (Fsp3) is 0.286. The Morgan fingerprint density at radius 2 is 2.05 bits per heavy atom. The number of rotatable bonds is 4. The van der Waals surface area contributed by atoms with Gasteiger partial charge in [0.1, 0.15) is 4.88 Å². The van der Waals surface area contributed by atoms with Gasteiger partial charge in [0, 0.05) is 16.1 Å². The summed E-state index contributed by atoms with van der Waals surface area (Å²) in [5, 5.41) is 3.84. The van der Waals surface area contributed by atoms with E-state index in [2.05, 4.69) is 5.32 Å². The summed E-state index contributed by atoms with van der Waals surface area (Å²) in [5.41, 5.74) is 0. The van der Waals surface area contributed by atoms with E-state index in [4.69, 9.17) is 16.3 Å². The van der Waals surface area contributed by atoms with Crippen LogP contribution in [0.3, 0.4) is 0 Å². The van der Waals surface area contributed by atoms with E-state index in [9.17, 15) is 9.59 Å². The molecule has 1 aromatic heterocycles. The lowest BCUT2D eigenvalue weighted by molar-refractivity contribution is -0.124. The summed E-state index contributed by atoms with van der Waals surface area (Å²) in [5.74, 6) is -0.902. The van der Waals surface area contributed by atoms with E-state index >= 15 is 0 Å². The fourth-order valence-electron chi connectivity index (χ4n) is 1.71. The molecule has 20 heavy (non-hydrogen) atoms. The van der Waals surface area contributed by atoms with Gasteiger partial charge in [0.15, 0.2) is 6.61 Å². The lowest BCUT2D eigenvalue weighted by Gasteiger charge is -2.08. The number of carbonyl (C=O) groups is 2. The lowest BCUT2D eigenvalue weighted by atomic mass is 10.2. The predicted octanol–water partition coefficient (Wildman–Crippen LogP) is 3.24. The Morgan fingerprint density at radius 1 is 1.35 bits per heavy atom. The summed E-state index contributed by atoms with van der Waals surface area (Å²) in [6, 6.07) is 7.46. The van der Waals surface area contributed by atoms with Crippen LogP contribution in [0.2, 0.25) is 5.02 Å². The monoisotopic (exact) mass is 311 g/mol. The molecule has 0 radical (unpaired) electrons. The van der Waals surface area contributed by atoms with Crippen molar-refractivity contribution < 1.29 is 14.3 Å². The first-order chi connectivity index (χ1) is 9.49. The van der Waals surface area contributed by atoms with E-state index in [1.165, 1.54) is 11.3 Å². The molecule has 0 aliphatic heterocycles. The second-order valence-electron chi connectivity index (χ2n) is 4.54. The van der Waals surface area contributed by atoms with Crippen molar-refractivity contribution in [3.05, 3.63) is 34.2 Å². The molecule has 2 rings (SSSR count). The van der Waals surface area contributed by atoms with Crippen LogP contribution in [-0.4, -0.2) is 24.5 Å². The molecule has 0 aliphatic rings. The molecule has 6 heteroatoms. The smallest absolute Gasteiger partial charge is 0.350 e. The van der Waals surface area contributed by atoms with Crippen molar-refractivity contribution in [3.63, 3.8) is 0 Å². The summed E-state index contributed by atoms with van der Waals surface area (Å²) in [7, 11) is 0. The minimum absolute atomic E-state index is 0.00844. The van der Waals surface area contributed by atoms with Crippen molar-refractivity contribution in [3.8, 4) is 0 Å². The van der Waals surface area contributed by atoms with Crippen molar-refractivity contribution in [1.29, 1.82) is 0 Å². The molecule has 0 aliphatic carbocycles. The van der Waals surface area contributed by atoms with E-state index < -0.39 is 5.97 Å². The van der Waals surface area contributed by atoms with Gasteiger partial charge in [0.25, 0.3) is 5.91 Å². The van der Waals surface area contributed by atoms with Gasteiger partial charge in [-0.3, -0.25) is 4.79 Å². The molecule has 0 unspecified atom stereocenters. The number of fused-ring (bicyclic) bond motifs is 1.